The molecule has 0 aliphatic carbocycles. The van der Waals surface area contributed by atoms with Gasteiger partial charge in [0.15, 0.2) is 0 Å². The fourth-order valence-corrected chi connectivity index (χ4v) is 4.30. The number of likely N-dealkylation sites (tertiary alicyclic amines) is 1. The topological polar surface area (TPSA) is 81.8 Å². The van der Waals surface area contributed by atoms with E-state index in [2.05, 4.69) is 22.5 Å². The van der Waals surface area contributed by atoms with E-state index in [1.807, 2.05) is 31.2 Å². The highest BCUT2D eigenvalue weighted by Gasteiger charge is 2.49. The van der Waals surface area contributed by atoms with Crippen LogP contribution >= 0.6 is 0 Å². The van der Waals surface area contributed by atoms with E-state index in [1.165, 1.54) is 19.4 Å². The van der Waals surface area contributed by atoms with Crippen molar-refractivity contribution < 1.29 is 14.4 Å². The summed E-state index contributed by atoms with van der Waals surface area (Å²) >= 11 is 0. The molecular formula is C23H34N4O3. The Morgan fingerprint density at radius 2 is 1.97 bits per heavy atom. The number of aryl methyl sites for hydroxylation is 1. The number of urea groups is 1. The minimum atomic E-state index is -1.14. The second-order valence-corrected chi connectivity index (χ2v) is 8.92. The Balaban J connectivity index is 1.43. The summed E-state index contributed by atoms with van der Waals surface area (Å²) in [5.41, 5.74) is 0.642. The van der Waals surface area contributed by atoms with Crippen LogP contribution in [0.1, 0.15) is 50.7 Å². The number of unbranched alkanes of at least 4 members (excludes halogenated alkanes) is 1. The maximum Gasteiger partial charge on any atom is 0.325 e. The molecule has 2 fully saturated rings. The van der Waals surface area contributed by atoms with Crippen molar-refractivity contribution >= 4 is 17.8 Å². The van der Waals surface area contributed by atoms with E-state index < -0.39 is 17.5 Å². The zero-order valence-corrected chi connectivity index (χ0v) is 18.4. The lowest BCUT2D eigenvalue weighted by molar-refractivity contribution is -0.134. The lowest BCUT2D eigenvalue weighted by atomic mass is 9.91. The molecule has 7 nitrogen and oxygen atoms in total. The Kier molecular flexibility index (Phi) is 7.13. The molecule has 2 atom stereocenters. The van der Waals surface area contributed by atoms with Crippen LogP contribution in [0.25, 0.3) is 0 Å². The van der Waals surface area contributed by atoms with Gasteiger partial charge in [0.05, 0.1) is 0 Å². The van der Waals surface area contributed by atoms with E-state index in [1.54, 1.807) is 6.92 Å². The molecule has 2 aliphatic rings. The Hall–Kier alpha value is -2.41. The summed E-state index contributed by atoms with van der Waals surface area (Å²) in [4.78, 5) is 41.1. The van der Waals surface area contributed by atoms with Gasteiger partial charge in [-0.2, -0.15) is 0 Å². The van der Waals surface area contributed by atoms with Crippen molar-refractivity contribution in [2.75, 3.05) is 32.7 Å². The van der Waals surface area contributed by atoms with E-state index in [0.717, 1.165) is 42.3 Å². The molecule has 164 valence electrons. The highest BCUT2D eigenvalue weighted by atomic mass is 16.2. The van der Waals surface area contributed by atoms with Gasteiger partial charge >= 0.3 is 6.03 Å². The first kappa shape index (κ1) is 22.3. The molecule has 0 radical (unpaired) electrons. The van der Waals surface area contributed by atoms with E-state index in [-0.39, 0.29) is 12.5 Å². The normalized spacial score (nSPS) is 24.8. The molecule has 2 heterocycles. The minimum Gasteiger partial charge on any atom is -0.355 e. The van der Waals surface area contributed by atoms with E-state index in [4.69, 9.17) is 0 Å². The number of hydrogen-bond donors (Lipinski definition) is 2. The van der Waals surface area contributed by atoms with Crippen LogP contribution < -0.4 is 10.6 Å². The number of imide groups is 1. The largest absolute Gasteiger partial charge is 0.355 e. The lowest BCUT2D eigenvalue weighted by Gasteiger charge is -2.30. The third-order valence-corrected chi connectivity index (χ3v) is 6.17. The van der Waals surface area contributed by atoms with Crippen molar-refractivity contribution in [3.05, 3.63) is 35.4 Å². The maximum atomic E-state index is 12.9. The predicted octanol–water partition coefficient (Wildman–Crippen LogP) is 2.39. The van der Waals surface area contributed by atoms with Gasteiger partial charge in [0, 0.05) is 13.1 Å². The molecule has 30 heavy (non-hydrogen) atoms. The molecule has 7 heteroatoms. The van der Waals surface area contributed by atoms with Crippen LogP contribution in [0.15, 0.2) is 24.3 Å². The Morgan fingerprint density at radius 3 is 2.67 bits per heavy atom. The van der Waals surface area contributed by atoms with Crippen LogP contribution in [-0.2, 0) is 15.1 Å². The van der Waals surface area contributed by atoms with Gasteiger partial charge in [-0.05, 0) is 64.1 Å². The van der Waals surface area contributed by atoms with Crippen LogP contribution in [0.4, 0.5) is 4.79 Å². The number of carbonyl (C=O) groups excluding carboxylic acids is 3. The standard InChI is InChI=1S/C23H34N4O3/c1-17-8-10-19(11-9-17)23(3)21(29)27(22(30)25-23)16-20(28)24-12-4-5-13-26-14-6-7-18(2)15-26/h8-11,18H,4-7,12-16H2,1-3H3,(H,24,28)(H,25,30). The molecule has 0 spiro atoms. The number of hydrogen-bond acceptors (Lipinski definition) is 4. The van der Waals surface area contributed by atoms with Gasteiger partial charge in [0.25, 0.3) is 5.91 Å². The maximum absolute atomic E-state index is 12.9. The van der Waals surface area contributed by atoms with Crippen molar-refractivity contribution in [2.24, 2.45) is 5.92 Å². The van der Waals surface area contributed by atoms with Crippen molar-refractivity contribution in [1.29, 1.82) is 0 Å². The molecule has 0 aromatic heterocycles. The van der Waals surface area contributed by atoms with Crippen LogP contribution in [-0.4, -0.2) is 60.4 Å². The van der Waals surface area contributed by atoms with E-state index >= 15 is 0 Å². The van der Waals surface area contributed by atoms with Gasteiger partial charge in [0.1, 0.15) is 12.1 Å². The summed E-state index contributed by atoms with van der Waals surface area (Å²) in [6.07, 6.45) is 4.50. The molecule has 4 amide bonds. The summed E-state index contributed by atoms with van der Waals surface area (Å²) in [5, 5.41) is 5.58. The fraction of sp³-hybridized carbons (Fsp3) is 0.609. The number of nitrogens with zero attached hydrogens (tertiary/aromatic N) is 2. The van der Waals surface area contributed by atoms with Crippen molar-refractivity contribution in [3.63, 3.8) is 0 Å². The van der Waals surface area contributed by atoms with Crippen molar-refractivity contribution in [3.8, 4) is 0 Å². The van der Waals surface area contributed by atoms with Gasteiger partial charge in [-0.25, -0.2) is 4.79 Å². The highest BCUT2D eigenvalue weighted by molar-refractivity contribution is 6.09. The SMILES string of the molecule is Cc1ccc(C2(C)NC(=O)N(CC(=O)NCCCCN3CCCC(C)C3)C2=O)cc1. The Labute approximate surface area is 179 Å². The monoisotopic (exact) mass is 414 g/mol. The van der Waals surface area contributed by atoms with Crippen LogP contribution in [0, 0.1) is 12.8 Å². The second-order valence-electron chi connectivity index (χ2n) is 8.92. The van der Waals surface area contributed by atoms with Crippen LogP contribution in [0.5, 0.6) is 0 Å². The zero-order valence-electron chi connectivity index (χ0n) is 18.4. The third kappa shape index (κ3) is 5.19. The van der Waals surface area contributed by atoms with Crippen LogP contribution in [0.3, 0.4) is 0 Å². The molecular weight excluding hydrogens is 380 g/mol. The summed E-state index contributed by atoms with van der Waals surface area (Å²) in [6.45, 7) is 9.63. The number of amides is 4. The molecule has 0 bridgehead atoms. The third-order valence-electron chi connectivity index (χ3n) is 6.17. The van der Waals surface area contributed by atoms with Gasteiger partial charge < -0.3 is 15.5 Å². The number of piperidine rings is 1. The molecule has 2 saturated heterocycles. The quantitative estimate of drug-likeness (QED) is 0.506. The van der Waals surface area contributed by atoms with Crippen molar-refractivity contribution in [2.45, 2.75) is 52.0 Å². The highest BCUT2D eigenvalue weighted by Crippen LogP contribution is 2.28. The summed E-state index contributed by atoms with van der Waals surface area (Å²) in [6, 6.07) is 6.94. The van der Waals surface area contributed by atoms with Crippen LogP contribution in [0.2, 0.25) is 0 Å². The number of carbonyl (C=O) groups is 3. The summed E-state index contributed by atoms with van der Waals surface area (Å²) in [5.74, 6) is 0.0668. The molecule has 1 aromatic rings. The first-order valence-corrected chi connectivity index (χ1v) is 11.0. The molecule has 1 aromatic carbocycles. The second kappa shape index (κ2) is 9.60. The van der Waals surface area contributed by atoms with Crippen molar-refractivity contribution in [1.82, 2.24) is 20.4 Å². The van der Waals surface area contributed by atoms with Gasteiger partial charge in [-0.15, -0.1) is 0 Å². The lowest BCUT2D eigenvalue weighted by Crippen LogP contribution is -2.43. The smallest absolute Gasteiger partial charge is 0.325 e. The fourth-order valence-electron chi connectivity index (χ4n) is 4.30. The van der Waals surface area contributed by atoms with E-state index in [0.29, 0.717) is 12.1 Å². The summed E-state index contributed by atoms with van der Waals surface area (Å²) < 4.78 is 0. The molecule has 2 unspecified atom stereocenters. The summed E-state index contributed by atoms with van der Waals surface area (Å²) in [7, 11) is 0. The first-order chi connectivity index (χ1) is 14.3. The zero-order chi connectivity index (χ0) is 21.7. The number of rotatable bonds is 8. The van der Waals surface area contributed by atoms with Gasteiger partial charge in [-0.3, -0.25) is 14.5 Å². The number of benzene rings is 1. The predicted molar refractivity (Wildman–Crippen MR) is 116 cm³/mol. The minimum absolute atomic E-state index is 0.254. The van der Waals surface area contributed by atoms with E-state index in [9.17, 15) is 14.4 Å². The molecule has 2 aliphatic heterocycles. The average Bonchev–Trinajstić information content (AvgIpc) is 2.92. The molecule has 2 N–H and O–H groups in total. The van der Waals surface area contributed by atoms with Gasteiger partial charge in [0.2, 0.25) is 5.91 Å². The average molecular weight is 415 g/mol. The molecule has 0 saturated carbocycles. The first-order valence-electron chi connectivity index (χ1n) is 11.0. The Morgan fingerprint density at radius 1 is 1.23 bits per heavy atom. The van der Waals surface area contributed by atoms with Gasteiger partial charge in [-0.1, -0.05) is 36.8 Å². The Bertz CT molecular complexity index is 779. The number of nitrogens with one attached hydrogen (secondary N) is 2. The molecule has 3 rings (SSSR count).